The number of amides is 2. The van der Waals surface area contributed by atoms with Gasteiger partial charge in [0.15, 0.2) is 0 Å². The van der Waals surface area contributed by atoms with Crippen LogP contribution in [-0.2, 0) is 19.2 Å². The lowest BCUT2D eigenvalue weighted by atomic mass is 9.76. The predicted octanol–water partition coefficient (Wildman–Crippen LogP) is 6.86. The zero-order valence-corrected chi connectivity index (χ0v) is 29.0. The van der Waals surface area contributed by atoms with E-state index in [0.29, 0.717) is 6.42 Å². The van der Waals surface area contributed by atoms with Crippen LogP contribution in [0.5, 0.6) is 0 Å². The summed E-state index contributed by atoms with van der Waals surface area (Å²) in [5.74, 6) is -1.84. The van der Waals surface area contributed by atoms with Crippen LogP contribution >= 0.6 is 11.3 Å². The first-order chi connectivity index (χ1) is 21.8. The van der Waals surface area contributed by atoms with Crippen LogP contribution in [0.15, 0.2) is 29.8 Å². The topological polar surface area (TPSA) is 137 Å². The van der Waals surface area contributed by atoms with Gasteiger partial charge in [-0.2, -0.15) is 0 Å². The highest BCUT2D eigenvalue weighted by Gasteiger charge is 2.44. The molecule has 3 rings (SSSR count). The van der Waals surface area contributed by atoms with Gasteiger partial charge in [0.2, 0.25) is 11.8 Å². The number of aliphatic hydroxyl groups is 1. The van der Waals surface area contributed by atoms with E-state index in [0.717, 1.165) is 73.1 Å². The van der Waals surface area contributed by atoms with E-state index in [4.69, 9.17) is 5.11 Å². The van der Waals surface area contributed by atoms with E-state index in [2.05, 4.69) is 10.3 Å². The van der Waals surface area contributed by atoms with Crippen molar-refractivity contribution in [2.24, 2.45) is 11.3 Å². The summed E-state index contributed by atoms with van der Waals surface area (Å²) in [5.41, 5.74) is 4.32. The second kappa shape index (κ2) is 17.7. The SMILES string of the molecule is Cc1ncsc1-c1ccc([C@H](C)NC(=O)[C@@H]2C[C@@H](O)CN2C(=O)[C@@H](CC(=O)CCCCCCCCCCC(=O)O)C(C)(C)C)cc1. The van der Waals surface area contributed by atoms with Crippen molar-refractivity contribution >= 4 is 34.9 Å². The number of aromatic nitrogens is 1. The Morgan fingerprint density at radius 3 is 2.11 bits per heavy atom. The number of aliphatic carboxylic acids is 1. The van der Waals surface area contributed by atoms with Gasteiger partial charge in [-0.15, -0.1) is 11.3 Å². The molecule has 9 nitrogen and oxygen atoms in total. The first-order valence-corrected chi connectivity index (χ1v) is 17.7. The lowest BCUT2D eigenvalue weighted by Crippen LogP contribution is -2.50. The number of β-amino-alcohol motifs (C(OH)–C–C–N with tert-alkyl or cyclic N) is 1. The Morgan fingerprint density at radius 2 is 1.57 bits per heavy atom. The quantitative estimate of drug-likeness (QED) is 0.149. The summed E-state index contributed by atoms with van der Waals surface area (Å²) >= 11 is 1.59. The molecule has 46 heavy (non-hydrogen) atoms. The van der Waals surface area contributed by atoms with Gasteiger partial charge < -0.3 is 20.4 Å². The fraction of sp³-hybridized carbons (Fsp3) is 0.639. The second-order valence-electron chi connectivity index (χ2n) is 13.9. The molecule has 0 aliphatic carbocycles. The zero-order valence-electron chi connectivity index (χ0n) is 28.2. The molecule has 0 radical (unpaired) electrons. The largest absolute Gasteiger partial charge is 0.481 e. The summed E-state index contributed by atoms with van der Waals surface area (Å²) in [4.78, 5) is 58.0. The fourth-order valence-electron chi connectivity index (χ4n) is 6.15. The van der Waals surface area contributed by atoms with Gasteiger partial charge in [-0.1, -0.05) is 83.6 Å². The standard InChI is InChI=1S/C36H53N3O6S/c1-24(26-16-18-27(19-17-26)33-25(2)37-23-46-33)38-34(44)31-21-29(41)22-39(31)35(45)30(36(3,4)5)20-28(40)14-12-10-8-6-7-9-11-13-15-32(42)43/h16-19,23-24,29-31,41H,6-15,20-22H2,1-5H3,(H,38,44)(H,42,43)/t24-,29+,30+,31-/m0/s1. The van der Waals surface area contributed by atoms with Gasteiger partial charge in [0, 0.05) is 38.1 Å². The Balaban J connectivity index is 1.51. The monoisotopic (exact) mass is 655 g/mol. The van der Waals surface area contributed by atoms with E-state index < -0.39 is 29.4 Å². The number of carbonyl (C=O) groups is 4. The van der Waals surface area contributed by atoms with Crippen molar-refractivity contribution in [3.8, 4) is 10.4 Å². The van der Waals surface area contributed by atoms with E-state index >= 15 is 0 Å². The van der Waals surface area contributed by atoms with Crippen LogP contribution in [-0.4, -0.2) is 62.4 Å². The number of aryl methyl sites for hydroxylation is 1. The zero-order chi connectivity index (χ0) is 33.9. The minimum Gasteiger partial charge on any atom is -0.481 e. The molecule has 254 valence electrons. The number of benzene rings is 1. The first kappa shape index (κ1) is 37.3. The first-order valence-electron chi connectivity index (χ1n) is 16.8. The van der Waals surface area contributed by atoms with E-state index in [1.54, 1.807) is 11.3 Å². The molecule has 2 aromatic rings. The summed E-state index contributed by atoms with van der Waals surface area (Å²) in [6.45, 7) is 9.79. The van der Waals surface area contributed by atoms with Gasteiger partial charge in [0.1, 0.15) is 11.8 Å². The molecule has 1 aliphatic heterocycles. The van der Waals surface area contributed by atoms with Crippen LogP contribution < -0.4 is 5.32 Å². The molecule has 2 amide bonds. The van der Waals surface area contributed by atoms with Gasteiger partial charge in [-0.05, 0) is 43.2 Å². The van der Waals surface area contributed by atoms with E-state index in [1.165, 1.54) is 4.90 Å². The molecule has 1 fully saturated rings. The molecule has 0 bridgehead atoms. The van der Waals surface area contributed by atoms with Gasteiger partial charge in [-0.3, -0.25) is 19.2 Å². The molecule has 4 atom stereocenters. The van der Waals surface area contributed by atoms with Crippen LogP contribution in [0.4, 0.5) is 0 Å². The van der Waals surface area contributed by atoms with Crippen molar-refractivity contribution in [3.05, 3.63) is 41.0 Å². The maximum absolute atomic E-state index is 13.9. The normalized spacial score (nSPS) is 17.9. The van der Waals surface area contributed by atoms with Gasteiger partial charge in [0.05, 0.1) is 28.2 Å². The number of hydrogen-bond donors (Lipinski definition) is 3. The van der Waals surface area contributed by atoms with Crippen LogP contribution in [0.1, 0.15) is 122 Å². The number of rotatable bonds is 18. The number of carboxylic acid groups (broad SMARTS) is 1. The lowest BCUT2D eigenvalue weighted by Gasteiger charge is -2.35. The summed E-state index contributed by atoms with van der Waals surface area (Å²) in [5, 5.41) is 22.3. The Bertz CT molecular complexity index is 1300. The maximum Gasteiger partial charge on any atom is 0.303 e. The number of likely N-dealkylation sites (tertiary alicyclic amines) is 1. The number of nitrogens with one attached hydrogen (secondary N) is 1. The highest BCUT2D eigenvalue weighted by atomic mass is 32.1. The number of carboxylic acids is 1. The second-order valence-corrected chi connectivity index (χ2v) is 14.8. The van der Waals surface area contributed by atoms with Crippen LogP contribution in [0.2, 0.25) is 0 Å². The number of Topliss-reactive ketones (excluding diaryl/α,β-unsaturated/α-hetero) is 1. The molecular weight excluding hydrogens is 602 g/mol. The Kier molecular flexibility index (Phi) is 14.4. The Labute approximate surface area is 278 Å². The van der Waals surface area contributed by atoms with Crippen molar-refractivity contribution in [1.29, 1.82) is 0 Å². The summed E-state index contributed by atoms with van der Waals surface area (Å²) in [6.07, 6.45) is 7.73. The number of aliphatic hydroxyl groups excluding tert-OH is 1. The molecule has 1 aliphatic rings. The maximum atomic E-state index is 13.9. The molecule has 1 aromatic carbocycles. The molecule has 0 saturated carbocycles. The number of hydrogen-bond acceptors (Lipinski definition) is 7. The highest BCUT2D eigenvalue weighted by molar-refractivity contribution is 7.13. The smallest absolute Gasteiger partial charge is 0.303 e. The van der Waals surface area contributed by atoms with Crippen molar-refractivity contribution in [3.63, 3.8) is 0 Å². The molecule has 1 saturated heterocycles. The third kappa shape index (κ3) is 11.3. The molecular formula is C36H53N3O6S. The van der Waals surface area contributed by atoms with Crippen molar-refractivity contribution < 1.29 is 29.4 Å². The van der Waals surface area contributed by atoms with Crippen LogP contribution in [0.3, 0.4) is 0 Å². The Hall–Kier alpha value is -3.11. The lowest BCUT2D eigenvalue weighted by molar-refractivity contribution is -0.146. The number of unbranched alkanes of at least 4 members (excludes halogenated alkanes) is 7. The number of ketones is 1. The van der Waals surface area contributed by atoms with Gasteiger partial charge in [0.25, 0.3) is 0 Å². The number of carbonyl (C=O) groups excluding carboxylic acids is 3. The van der Waals surface area contributed by atoms with Gasteiger partial charge >= 0.3 is 5.97 Å². The van der Waals surface area contributed by atoms with Crippen molar-refractivity contribution in [1.82, 2.24) is 15.2 Å². The summed E-state index contributed by atoms with van der Waals surface area (Å²) in [6, 6.07) is 6.92. The average Bonchev–Trinajstić information content (AvgIpc) is 3.61. The number of thiazole rings is 1. The highest BCUT2D eigenvalue weighted by Crippen LogP contribution is 2.34. The summed E-state index contributed by atoms with van der Waals surface area (Å²) in [7, 11) is 0. The van der Waals surface area contributed by atoms with Crippen molar-refractivity contribution in [2.45, 2.75) is 130 Å². The molecule has 3 N–H and O–H groups in total. The number of nitrogens with zero attached hydrogens (tertiary/aromatic N) is 2. The van der Waals surface area contributed by atoms with Crippen LogP contribution in [0.25, 0.3) is 10.4 Å². The van der Waals surface area contributed by atoms with E-state index in [1.807, 2.05) is 64.4 Å². The third-order valence-electron chi connectivity index (χ3n) is 9.01. The minimum absolute atomic E-state index is 0.0493. The van der Waals surface area contributed by atoms with E-state index in [-0.39, 0.29) is 49.4 Å². The molecule has 10 heteroatoms. The molecule has 0 unspecified atom stereocenters. The Morgan fingerprint density at radius 1 is 0.978 bits per heavy atom. The van der Waals surface area contributed by atoms with E-state index in [9.17, 15) is 24.3 Å². The third-order valence-corrected chi connectivity index (χ3v) is 9.99. The molecule has 0 spiro atoms. The molecule has 2 heterocycles. The van der Waals surface area contributed by atoms with Crippen molar-refractivity contribution in [2.75, 3.05) is 6.54 Å². The summed E-state index contributed by atoms with van der Waals surface area (Å²) < 4.78 is 0. The predicted molar refractivity (Wildman–Crippen MR) is 181 cm³/mol. The fourth-order valence-corrected chi connectivity index (χ4v) is 6.97. The van der Waals surface area contributed by atoms with Crippen LogP contribution in [0, 0.1) is 18.3 Å². The minimum atomic E-state index is -0.801. The van der Waals surface area contributed by atoms with Gasteiger partial charge in [-0.25, -0.2) is 4.98 Å². The molecule has 1 aromatic heterocycles. The average molecular weight is 656 g/mol.